The third kappa shape index (κ3) is 7.11. The van der Waals surface area contributed by atoms with Gasteiger partial charge in [-0.2, -0.15) is 13.2 Å². The predicted molar refractivity (Wildman–Crippen MR) is 118 cm³/mol. The molecule has 3 rings (SSSR count). The summed E-state index contributed by atoms with van der Waals surface area (Å²) < 4.78 is 38.0. The monoisotopic (exact) mass is 523 g/mol. The quantitative estimate of drug-likeness (QED) is 0.291. The van der Waals surface area contributed by atoms with Crippen LogP contribution >= 0.6 is 34.8 Å². The van der Waals surface area contributed by atoms with Crippen LogP contribution in [0.3, 0.4) is 0 Å². The van der Waals surface area contributed by atoms with Gasteiger partial charge in [0.2, 0.25) is 0 Å². The molecular formula is C19H15Cl3F3N5O3. The van der Waals surface area contributed by atoms with E-state index in [1.807, 2.05) is 0 Å². The number of nitrogens with zero attached hydrogens (tertiary/aromatic N) is 3. The minimum Gasteiger partial charge on any atom is -0.390 e. The molecule has 0 saturated heterocycles. The Morgan fingerprint density at radius 2 is 2.06 bits per heavy atom. The van der Waals surface area contributed by atoms with E-state index in [0.29, 0.717) is 21.8 Å². The molecule has 0 saturated carbocycles. The Kier molecular flexibility index (Phi) is 8.22. The number of halogens is 6. The molecule has 2 heterocycles. The molecule has 0 unspecified atom stereocenters. The van der Waals surface area contributed by atoms with Crippen molar-refractivity contribution in [2.45, 2.75) is 25.3 Å². The van der Waals surface area contributed by atoms with Crippen LogP contribution in [-0.2, 0) is 27.3 Å². The third-order valence-corrected chi connectivity index (χ3v) is 5.09. The summed E-state index contributed by atoms with van der Waals surface area (Å²) in [6, 6.07) is 5.68. The number of pyridine rings is 1. The van der Waals surface area contributed by atoms with Gasteiger partial charge in [0.25, 0.3) is 5.91 Å². The number of benzene rings is 1. The van der Waals surface area contributed by atoms with Gasteiger partial charge in [0, 0.05) is 28.2 Å². The van der Waals surface area contributed by atoms with Gasteiger partial charge in [0.1, 0.15) is 24.5 Å². The summed E-state index contributed by atoms with van der Waals surface area (Å²) in [5.41, 5.74) is -0.198. The standard InChI is InChI=1S/C19H15Cl3F3N5O3/c20-12-2-1-10(14(21)4-12)8-32-29-9-28-18(31)16-5-13(33-30-16)7-27-17-15(22)3-11(6-26-17)19(23,24)25/h1-4,6,9,13H,5,7-8H2,(H,26,27)(H,28,29,31)/t13-/m1/s1. The first-order chi connectivity index (χ1) is 15.6. The molecule has 33 heavy (non-hydrogen) atoms. The first-order valence-corrected chi connectivity index (χ1v) is 10.3. The number of rotatable bonds is 8. The summed E-state index contributed by atoms with van der Waals surface area (Å²) >= 11 is 17.7. The lowest BCUT2D eigenvalue weighted by atomic mass is 10.1. The smallest absolute Gasteiger partial charge is 0.390 e. The molecule has 2 aromatic rings. The van der Waals surface area contributed by atoms with Crippen molar-refractivity contribution in [1.29, 1.82) is 0 Å². The SMILES string of the molecule is O=C(NC=NOCc1ccc(Cl)cc1Cl)C1=NO[C@@H](CNc2ncc(C(F)(F)F)cc2Cl)C1. The van der Waals surface area contributed by atoms with Gasteiger partial charge < -0.3 is 20.3 Å². The van der Waals surface area contributed by atoms with Gasteiger partial charge in [0.05, 0.1) is 17.1 Å². The Hall–Kier alpha value is -2.76. The van der Waals surface area contributed by atoms with Crippen molar-refractivity contribution in [3.8, 4) is 0 Å². The molecule has 0 fully saturated rings. The number of hydrogen-bond acceptors (Lipinski definition) is 7. The number of anilines is 1. The van der Waals surface area contributed by atoms with Crippen LogP contribution in [0.25, 0.3) is 0 Å². The first-order valence-electron chi connectivity index (χ1n) is 9.21. The number of aromatic nitrogens is 1. The highest BCUT2D eigenvalue weighted by Crippen LogP contribution is 2.32. The minimum absolute atomic E-state index is 0.0521. The van der Waals surface area contributed by atoms with Gasteiger partial charge in [-0.15, -0.1) is 0 Å². The Morgan fingerprint density at radius 3 is 2.76 bits per heavy atom. The number of oxime groups is 2. The number of hydrogen-bond donors (Lipinski definition) is 2. The summed E-state index contributed by atoms with van der Waals surface area (Å²) in [6.07, 6.45) is -3.23. The molecule has 8 nitrogen and oxygen atoms in total. The van der Waals surface area contributed by atoms with Crippen LogP contribution in [0.5, 0.6) is 0 Å². The van der Waals surface area contributed by atoms with Gasteiger partial charge in [0.15, 0.2) is 6.10 Å². The Labute approximate surface area is 200 Å². The predicted octanol–water partition coefficient (Wildman–Crippen LogP) is 4.89. The van der Waals surface area contributed by atoms with Crippen molar-refractivity contribution in [1.82, 2.24) is 10.3 Å². The number of nitrogens with one attached hydrogen (secondary N) is 2. The van der Waals surface area contributed by atoms with E-state index in [0.717, 1.165) is 12.4 Å². The molecule has 14 heteroatoms. The molecule has 1 aliphatic heterocycles. The summed E-state index contributed by atoms with van der Waals surface area (Å²) in [5, 5.41) is 13.2. The lowest BCUT2D eigenvalue weighted by molar-refractivity contribution is -0.137. The van der Waals surface area contributed by atoms with Crippen LogP contribution < -0.4 is 10.6 Å². The first kappa shape index (κ1) is 24.9. The van der Waals surface area contributed by atoms with Crippen molar-refractivity contribution < 1.29 is 27.6 Å². The van der Waals surface area contributed by atoms with Gasteiger partial charge in [-0.3, -0.25) is 4.79 Å². The number of alkyl halides is 3. The average Bonchev–Trinajstić information content (AvgIpc) is 3.22. The van der Waals surface area contributed by atoms with Crippen LogP contribution in [0.4, 0.5) is 19.0 Å². The van der Waals surface area contributed by atoms with Crippen molar-refractivity contribution in [2.24, 2.45) is 10.3 Å². The number of carbonyl (C=O) groups excluding carboxylic acids is 1. The van der Waals surface area contributed by atoms with Crippen LogP contribution in [0, 0.1) is 0 Å². The zero-order valence-electron chi connectivity index (χ0n) is 16.5. The summed E-state index contributed by atoms with van der Waals surface area (Å²) in [5.74, 6) is -0.503. The van der Waals surface area contributed by atoms with E-state index in [4.69, 9.17) is 44.5 Å². The van der Waals surface area contributed by atoms with Crippen molar-refractivity contribution in [3.63, 3.8) is 0 Å². The fourth-order valence-electron chi connectivity index (χ4n) is 2.56. The Bertz CT molecular complexity index is 1080. The van der Waals surface area contributed by atoms with Crippen molar-refractivity contribution in [3.05, 3.63) is 56.7 Å². The second-order valence-electron chi connectivity index (χ2n) is 6.62. The highest BCUT2D eigenvalue weighted by Gasteiger charge is 2.32. The molecule has 176 valence electrons. The van der Waals surface area contributed by atoms with Crippen molar-refractivity contribution >= 4 is 58.6 Å². The second kappa shape index (κ2) is 10.9. The van der Waals surface area contributed by atoms with Crippen LogP contribution in [0.15, 0.2) is 40.8 Å². The van der Waals surface area contributed by atoms with E-state index in [-0.39, 0.29) is 36.1 Å². The summed E-state index contributed by atoms with van der Waals surface area (Å²) in [7, 11) is 0. The van der Waals surface area contributed by atoms with Gasteiger partial charge in [-0.1, -0.05) is 51.2 Å². The molecule has 0 radical (unpaired) electrons. The van der Waals surface area contributed by atoms with Crippen LogP contribution in [0.1, 0.15) is 17.5 Å². The third-order valence-electron chi connectivity index (χ3n) is 4.22. The highest BCUT2D eigenvalue weighted by atomic mass is 35.5. The average molecular weight is 525 g/mol. The molecule has 0 aliphatic carbocycles. The zero-order chi connectivity index (χ0) is 24.0. The molecule has 1 amide bonds. The topological polar surface area (TPSA) is 97.2 Å². The molecule has 2 N–H and O–H groups in total. The maximum Gasteiger partial charge on any atom is 0.417 e. The minimum atomic E-state index is -4.54. The molecule has 1 atom stereocenters. The zero-order valence-corrected chi connectivity index (χ0v) is 18.8. The Morgan fingerprint density at radius 1 is 1.27 bits per heavy atom. The summed E-state index contributed by atoms with van der Waals surface area (Å²) in [6.45, 7) is 0.179. The molecule has 1 aromatic heterocycles. The Balaban J connectivity index is 1.40. The van der Waals surface area contributed by atoms with Crippen molar-refractivity contribution in [2.75, 3.05) is 11.9 Å². The van der Waals surface area contributed by atoms with Crippen LogP contribution in [0.2, 0.25) is 15.1 Å². The van der Waals surface area contributed by atoms with E-state index < -0.39 is 23.8 Å². The maximum absolute atomic E-state index is 12.7. The second-order valence-corrected chi connectivity index (χ2v) is 7.87. The van der Waals surface area contributed by atoms with Gasteiger partial charge in [-0.05, 0) is 18.2 Å². The normalized spacial score (nSPS) is 15.8. The van der Waals surface area contributed by atoms with E-state index in [2.05, 4.69) is 25.9 Å². The molecule has 0 spiro atoms. The van der Waals surface area contributed by atoms with E-state index in [1.54, 1.807) is 18.2 Å². The number of amides is 1. The summed E-state index contributed by atoms with van der Waals surface area (Å²) in [4.78, 5) is 26.0. The van der Waals surface area contributed by atoms with Gasteiger partial charge in [-0.25, -0.2) is 4.98 Å². The van der Waals surface area contributed by atoms with Gasteiger partial charge >= 0.3 is 6.18 Å². The fraction of sp³-hybridized carbons (Fsp3) is 0.263. The lowest BCUT2D eigenvalue weighted by Crippen LogP contribution is -2.31. The van der Waals surface area contributed by atoms with Crippen LogP contribution in [-0.4, -0.2) is 35.6 Å². The number of carbonyl (C=O) groups is 1. The molecular weight excluding hydrogens is 510 g/mol. The maximum atomic E-state index is 12.7. The molecule has 0 bridgehead atoms. The van der Waals surface area contributed by atoms with E-state index in [9.17, 15) is 18.0 Å². The van der Waals surface area contributed by atoms with E-state index >= 15 is 0 Å². The fourth-order valence-corrected chi connectivity index (χ4v) is 3.25. The molecule has 1 aromatic carbocycles. The molecule has 1 aliphatic rings. The van der Waals surface area contributed by atoms with E-state index in [1.165, 1.54) is 0 Å². The highest BCUT2D eigenvalue weighted by molar-refractivity contribution is 6.40. The largest absolute Gasteiger partial charge is 0.417 e. The lowest BCUT2D eigenvalue weighted by Gasteiger charge is -2.13.